The van der Waals surface area contributed by atoms with Crippen LogP contribution >= 0.6 is 0 Å². The summed E-state index contributed by atoms with van der Waals surface area (Å²) in [5.41, 5.74) is 2.17. The fraction of sp³-hybridized carbons (Fsp3) is 0.450. The highest BCUT2D eigenvalue weighted by Crippen LogP contribution is 2.29. The van der Waals surface area contributed by atoms with E-state index in [-0.39, 0.29) is 55.9 Å². The lowest BCUT2D eigenvalue weighted by Gasteiger charge is -2.29. The molecule has 0 spiro atoms. The number of rotatable bonds is 20. The molecule has 0 saturated heterocycles. The van der Waals surface area contributed by atoms with Gasteiger partial charge in [0, 0.05) is 43.7 Å². The first-order valence-corrected chi connectivity index (χ1v) is 18.8. The number of carboxylic acid groups (broad SMARTS) is 3. The third-order valence-electron chi connectivity index (χ3n) is 9.90. The third-order valence-corrected chi connectivity index (χ3v) is 9.90. The van der Waals surface area contributed by atoms with Crippen molar-refractivity contribution in [3.8, 4) is 0 Å². The molecule has 1 heterocycles. The predicted octanol–water partition coefficient (Wildman–Crippen LogP) is 3.16. The number of amides is 5. The lowest BCUT2D eigenvalue weighted by molar-refractivity contribution is -0.141. The summed E-state index contributed by atoms with van der Waals surface area (Å²) in [4.78, 5) is 90.1. The van der Waals surface area contributed by atoms with Crippen LogP contribution < -0.4 is 26.6 Å². The molecule has 8 N–H and O–H groups in total. The number of unbranched alkanes of at least 4 members (excludes halogenated alkanes) is 1. The van der Waals surface area contributed by atoms with E-state index in [0.29, 0.717) is 31.4 Å². The van der Waals surface area contributed by atoms with Crippen molar-refractivity contribution >= 4 is 52.4 Å². The molecule has 1 aliphatic rings. The number of fused-ring (bicyclic) bond motifs is 1. The van der Waals surface area contributed by atoms with Crippen LogP contribution in [0.15, 0.2) is 60.8 Å². The van der Waals surface area contributed by atoms with Crippen molar-refractivity contribution in [2.75, 3.05) is 13.1 Å². The van der Waals surface area contributed by atoms with Gasteiger partial charge >= 0.3 is 23.9 Å². The van der Waals surface area contributed by atoms with Crippen LogP contribution in [-0.4, -0.2) is 93.2 Å². The minimum atomic E-state index is -1.52. The zero-order valence-electron chi connectivity index (χ0n) is 31.3. The second-order valence-electron chi connectivity index (χ2n) is 14.2. The molecule has 1 fully saturated rings. The van der Waals surface area contributed by atoms with Gasteiger partial charge in [-0.15, -0.1) is 0 Å². The quantitative estimate of drug-likeness (QED) is 0.0774. The topological polar surface area (TPSA) is 253 Å². The summed E-state index contributed by atoms with van der Waals surface area (Å²) in [5.74, 6) is -4.94. The van der Waals surface area contributed by atoms with Gasteiger partial charge in [0.2, 0.25) is 11.8 Å². The number of aliphatic carboxylic acids is 3. The first-order valence-electron chi connectivity index (χ1n) is 18.8. The van der Waals surface area contributed by atoms with Gasteiger partial charge in [-0.3, -0.25) is 24.2 Å². The van der Waals surface area contributed by atoms with E-state index < -0.39 is 54.4 Å². The summed E-state index contributed by atoms with van der Waals surface area (Å²) in [7, 11) is 0. The van der Waals surface area contributed by atoms with Gasteiger partial charge in [-0.25, -0.2) is 14.4 Å². The number of hydrogen-bond acceptors (Lipinski definition) is 8. The number of carbonyl (C=O) groups is 7. The van der Waals surface area contributed by atoms with Gasteiger partial charge in [-0.1, -0.05) is 42.5 Å². The molecular formula is C40H50N6O10. The van der Waals surface area contributed by atoms with Gasteiger partial charge in [0.05, 0.1) is 5.56 Å². The predicted molar refractivity (Wildman–Crippen MR) is 205 cm³/mol. The normalized spacial score (nSPS) is 16.7. The molecular weight excluding hydrogens is 724 g/mol. The Kier molecular flexibility index (Phi) is 16.1. The van der Waals surface area contributed by atoms with E-state index in [4.69, 9.17) is 5.11 Å². The van der Waals surface area contributed by atoms with Gasteiger partial charge < -0.3 is 41.9 Å². The van der Waals surface area contributed by atoms with Gasteiger partial charge in [-0.2, -0.15) is 0 Å². The number of aryl methyl sites for hydroxylation is 1. The van der Waals surface area contributed by atoms with Crippen molar-refractivity contribution in [2.45, 2.75) is 89.3 Å². The number of aromatic nitrogens is 1. The Morgan fingerprint density at radius 1 is 0.750 bits per heavy atom. The average molecular weight is 775 g/mol. The smallest absolute Gasteiger partial charge is 0.326 e. The summed E-state index contributed by atoms with van der Waals surface area (Å²) in [6, 6.07) is 12.4. The fourth-order valence-electron chi connectivity index (χ4n) is 6.62. The summed E-state index contributed by atoms with van der Waals surface area (Å²) < 4.78 is 0. The van der Waals surface area contributed by atoms with E-state index in [0.717, 1.165) is 34.9 Å². The number of nitrogens with one attached hydrogen (secondary N) is 5. The maximum Gasteiger partial charge on any atom is 0.326 e. The number of urea groups is 1. The van der Waals surface area contributed by atoms with Gasteiger partial charge in [0.1, 0.15) is 18.1 Å². The Hall–Kier alpha value is -6.06. The number of benzene rings is 2. The van der Waals surface area contributed by atoms with E-state index in [9.17, 15) is 43.8 Å². The van der Waals surface area contributed by atoms with E-state index in [1.165, 1.54) is 0 Å². The van der Waals surface area contributed by atoms with Crippen LogP contribution in [0, 0.1) is 18.8 Å². The molecule has 0 unspecified atom stereocenters. The summed E-state index contributed by atoms with van der Waals surface area (Å²) >= 11 is 0. The second-order valence-corrected chi connectivity index (χ2v) is 14.2. The van der Waals surface area contributed by atoms with Crippen LogP contribution in [0.2, 0.25) is 0 Å². The number of nitrogens with zero attached hydrogens (tertiary/aromatic N) is 1. The second kappa shape index (κ2) is 21.1. The number of carbonyl (C=O) groups excluding carboxylic acids is 4. The largest absolute Gasteiger partial charge is 0.481 e. The molecule has 56 heavy (non-hydrogen) atoms. The molecule has 0 aliphatic heterocycles. The standard InChI is InChI=1S/C40H50N6O10/c1-24-9-13-30(23-42-24)35(49)43-22-25-10-15-28(16-11-25)36(50)44-33(21-26-12-14-27-6-2-3-7-29(27)20-26)37(51)41-19-5-4-8-31(38(52)53)45-40(56)46-32(39(54)55)17-18-34(47)48/h2-3,6-7,9,12-14,20,23,25,28,31-33H,4-5,8,10-11,15-19,21-22H2,1H3,(H,41,51)(H,43,49)(H,44,50)(H,47,48)(H,52,53)(H,54,55)(H2,45,46,56)/t25?,28?,31-,32-,33-/m0/s1. The first-order chi connectivity index (χ1) is 26.8. The van der Waals surface area contributed by atoms with Crippen molar-refractivity contribution in [1.82, 2.24) is 31.6 Å². The number of hydrogen-bond donors (Lipinski definition) is 8. The van der Waals surface area contributed by atoms with Crippen LogP contribution in [-0.2, 0) is 30.4 Å². The lowest BCUT2D eigenvalue weighted by atomic mass is 9.81. The molecule has 16 nitrogen and oxygen atoms in total. The molecule has 1 aliphatic carbocycles. The minimum absolute atomic E-state index is 0.0295. The van der Waals surface area contributed by atoms with Gasteiger partial charge in [0.15, 0.2) is 0 Å². The minimum Gasteiger partial charge on any atom is -0.481 e. The molecule has 300 valence electrons. The highest BCUT2D eigenvalue weighted by molar-refractivity contribution is 5.94. The van der Waals surface area contributed by atoms with Crippen molar-refractivity contribution < 1.29 is 48.9 Å². The van der Waals surface area contributed by atoms with Crippen LogP contribution in [0.1, 0.15) is 79.4 Å². The zero-order valence-corrected chi connectivity index (χ0v) is 31.3. The SMILES string of the molecule is Cc1ccc(C(=O)NCC2CCC(C(=O)N[C@@H](Cc3ccc4ccccc4c3)C(=O)NCCCC[C@H](NC(=O)N[C@@H](CCC(=O)O)C(=O)O)C(=O)O)CC2)cn1. The maximum atomic E-state index is 13.6. The highest BCUT2D eigenvalue weighted by atomic mass is 16.4. The van der Waals surface area contributed by atoms with Crippen molar-refractivity contribution in [1.29, 1.82) is 0 Å². The fourth-order valence-corrected chi connectivity index (χ4v) is 6.62. The maximum absolute atomic E-state index is 13.6. The van der Waals surface area contributed by atoms with Crippen molar-refractivity contribution in [3.05, 3.63) is 77.6 Å². The van der Waals surface area contributed by atoms with Gasteiger partial charge in [-0.05, 0) is 92.7 Å². The molecule has 5 amide bonds. The first kappa shape index (κ1) is 42.7. The Labute approximate surface area is 324 Å². The van der Waals surface area contributed by atoms with E-state index >= 15 is 0 Å². The summed E-state index contributed by atoms with van der Waals surface area (Å²) in [5, 5.41) is 42.8. The molecule has 1 aromatic heterocycles. The molecule has 16 heteroatoms. The summed E-state index contributed by atoms with van der Waals surface area (Å²) in [6.07, 6.45) is 4.18. The van der Waals surface area contributed by atoms with Crippen LogP contribution in [0.3, 0.4) is 0 Å². The van der Waals surface area contributed by atoms with E-state index in [1.807, 2.05) is 49.4 Å². The Balaban J connectivity index is 1.28. The number of pyridine rings is 1. The van der Waals surface area contributed by atoms with Crippen molar-refractivity contribution in [3.63, 3.8) is 0 Å². The number of carboxylic acids is 3. The van der Waals surface area contributed by atoms with Crippen molar-refractivity contribution in [2.24, 2.45) is 11.8 Å². The van der Waals surface area contributed by atoms with E-state index in [2.05, 4.69) is 31.6 Å². The van der Waals surface area contributed by atoms with E-state index in [1.54, 1.807) is 18.3 Å². The highest BCUT2D eigenvalue weighted by Gasteiger charge is 2.30. The molecule has 1 saturated carbocycles. The molecule has 0 radical (unpaired) electrons. The Bertz CT molecular complexity index is 1860. The van der Waals surface area contributed by atoms with Crippen LogP contribution in [0.25, 0.3) is 10.8 Å². The average Bonchev–Trinajstić information content (AvgIpc) is 3.17. The molecule has 0 bridgehead atoms. The molecule has 2 aromatic carbocycles. The Morgan fingerprint density at radius 3 is 2.07 bits per heavy atom. The van der Waals surface area contributed by atoms with Gasteiger partial charge in [0.25, 0.3) is 5.91 Å². The van der Waals surface area contributed by atoms with Crippen LogP contribution in [0.4, 0.5) is 4.79 Å². The zero-order chi connectivity index (χ0) is 40.6. The third kappa shape index (κ3) is 13.7. The lowest BCUT2D eigenvalue weighted by Crippen LogP contribution is -2.51. The Morgan fingerprint density at radius 2 is 1.43 bits per heavy atom. The van der Waals surface area contributed by atoms with Crippen LogP contribution in [0.5, 0.6) is 0 Å². The molecule has 3 atom stereocenters. The monoisotopic (exact) mass is 774 g/mol. The molecule has 3 aromatic rings. The molecule has 4 rings (SSSR count). The summed E-state index contributed by atoms with van der Waals surface area (Å²) in [6.45, 7) is 2.50.